The summed E-state index contributed by atoms with van der Waals surface area (Å²) in [5, 5.41) is 5.81. The molecule has 1 aliphatic rings. The Labute approximate surface area is 172 Å². The van der Waals surface area contributed by atoms with E-state index < -0.39 is 10.0 Å². The molecule has 2 amide bonds. The zero-order valence-electron chi connectivity index (χ0n) is 17.1. The molecule has 1 heterocycles. The first-order valence-corrected chi connectivity index (χ1v) is 11.4. The van der Waals surface area contributed by atoms with E-state index in [0.717, 1.165) is 28.9 Å². The summed E-state index contributed by atoms with van der Waals surface area (Å²) in [6, 6.07) is 13.5. The van der Waals surface area contributed by atoms with Gasteiger partial charge in [0.2, 0.25) is 10.0 Å². The van der Waals surface area contributed by atoms with Gasteiger partial charge in [0.1, 0.15) is 0 Å². The number of carbonyl (C=O) groups is 1. The normalized spacial score (nSPS) is 14.5. The number of urea groups is 1. The van der Waals surface area contributed by atoms with E-state index in [9.17, 15) is 13.2 Å². The van der Waals surface area contributed by atoms with Crippen molar-refractivity contribution < 1.29 is 13.2 Å². The highest BCUT2D eigenvalue weighted by molar-refractivity contribution is 7.88. The first-order valence-electron chi connectivity index (χ1n) is 9.55. The fourth-order valence-corrected chi connectivity index (χ4v) is 4.33. The van der Waals surface area contributed by atoms with Crippen LogP contribution in [0.2, 0.25) is 0 Å². The summed E-state index contributed by atoms with van der Waals surface area (Å²) in [6.07, 6.45) is 1.80. The van der Waals surface area contributed by atoms with Crippen LogP contribution in [0.15, 0.2) is 42.5 Å². The molecule has 2 aromatic carbocycles. The SMILES string of the molecule is CN(C)Cc1cccc(CNC(=O)Nc2cccc3c2CCN(S(C)(=O)=O)C3)c1. The highest BCUT2D eigenvalue weighted by Crippen LogP contribution is 2.27. The minimum absolute atomic E-state index is 0.276. The minimum atomic E-state index is -3.22. The smallest absolute Gasteiger partial charge is 0.319 e. The molecule has 156 valence electrons. The molecule has 0 fully saturated rings. The van der Waals surface area contributed by atoms with Crippen LogP contribution in [0, 0.1) is 0 Å². The van der Waals surface area contributed by atoms with E-state index in [1.807, 2.05) is 44.4 Å². The third kappa shape index (κ3) is 5.79. The molecule has 2 N–H and O–H groups in total. The van der Waals surface area contributed by atoms with Crippen LogP contribution in [-0.4, -0.2) is 50.5 Å². The summed E-state index contributed by atoms with van der Waals surface area (Å²) in [5.41, 5.74) is 4.89. The molecule has 2 aromatic rings. The average molecular weight is 417 g/mol. The first-order chi connectivity index (χ1) is 13.7. The number of sulfonamides is 1. The van der Waals surface area contributed by atoms with Crippen molar-refractivity contribution in [3.63, 3.8) is 0 Å². The summed E-state index contributed by atoms with van der Waals surface area (Å²) >= 11 is 0. The van der Waals surface area contributed by atoms with E-state index in [2.05, 4.69) is 27.7 Å². The second-order valence-corrected chi connectivity index (χ2v) is 9.64. The Morgan fingerprint density at radius 3 is 2.59 bits per heavy atom. The number of hydrogen-bond acceptors (Lipinski definition) is 4. The number of nitrogens with zero attached hydrogens (tertiary/aromatic N) is 2. The number of amides is 2. The van der Waals surface area contributed by atoms with Crippen LogP contribution in [0.1, 0.15) is 22.3 Å². The largest absolute Gasteiger partial charge is 0.334 e. The van der Waals surface area contributed by atoms with Crippen molar-refractivity contribution in [3.05, 3.63) is 64.7 Å². The van der Waals surface area contributed by atoms with Crippen molar-refractivity contribution >= 4 is 21.7 Å². The maximum atomic E-state index is 12.4. The van der Waals surface area contributed by atoms with Gasteiger partial charge >= 0.3 is 6.03 Å². The standard InChI is InChI=1S/C21H28N4O3S/c1-24(2)14-17-7-4-6-16(12-17)13-22-21(26)23-20-9-5-8-18-15-25(29(3,27)28)11-10-19(18)20/h4-9,12H,10-11,13-15H2,1-3H3,(H2,22,23,26). The van der Waals surface area contributed by atoms with E-state index in [1.54, 1.807) is 0 Å². The predicted octanol–water partition coefficient (Wildman–Crippen LogP) is 2.39. The Hall–Kier alpha value is -2.42. The molecule has 0 aliphatic carbocycles. The molecule has 0 saturated carbocycles. The quantitative estimate of drug-likeness (QED) is 0.758. The third-order valence-electron chi connectivity index (χ3n) is 4.89. The third-order valence-corrected chi connectivity index (χ3v) is 6.14. The van der Waals surface area contributed by atoms with Crippen LogP contribution >= 0.6 is 0 Å². The highest BCUT2D eigenvalue weighted by Gasteiger charge is 2.24. The van der Waals surface area contributed by atoms with E-state index >= 15 is 0 Å². The maximum absolute atomic E-state index is 12.4. The van der Waals surface area contributed by atoms with Gasteiger partial charge in [0, 0.05) is 31.9 Å². The van der Waals surface area contributed by atoms with E-state index in [-0.39, 0.29) is 6.03 Å². The van der Waals surface area contributed by atoms with Crippen LogP contribution < -0.4 is 10.6 Å². The lowest BCUT2D eigenvalue weighted by molar-refractivity contribution is 0.251. The molecule has 29 heavy (non-hydrogen) atoms. The van der Waals surface area contributed by atoms with Gasteiger partial charge in [-0.1, -0.05) is 36.4 Å². The van der Waals surface area contributed by atoms with Crippen molar-refractivity contribution in [2.24, 2.45) is 0 Å². The molecule has 0 saturated heterocycles. The molecule has 3 rings (SSSR count). The van der Waals surface area contributed by atoms with Gasteiger partial charge in [-0.2, -0.15) is 4.31 Å². The molecular weight excluding hydrogens is 388 g/mol. The molecule has 1 aliphatic heterocycles. The number of fused-ring (bicyclic) bond motifs is 1. The second-order valence-electron chi connectivity index (χ2n) is 7.66. The molecule has 8 heteroatoms. The first kappa shape index (κ1) is 21.3. The molecule has 0 spiro atoms. The van der Waals surface area contributed by atoms with Crippen molar-refractivity contribution in [3.8, 4) is 0 Å². The van der Waals surface area contributed by atoms with E-state index in [4.69, 9.17) is 0 Å². The zero-order chi connectivity index (χ0) is 21.0. The monoisotopic (exact) mass is 416 g/mol. The van der Waals surface area contributed by atoms with Crippen LogP contribution in [0.5, 0.6) is 0 Å². The maximum Gasteiger partial charge on any atom is 0.319 e. The van der Waals surface area contributed by atoms with Crippen LogP contribution in [-0.2, 0) is 36.1 Å². The van der Waals surface area contributed by atoms with Gasteiger partial charge in [0.15, 0.2) is 0 Å². The van der Waals surface area contributed by atoms with Gasteiger partial charge in [0.25, 0.3) is 0 Å². The molecular formula is C21H28N4O3S. The topological polar surface area (TPSA) is 81.8 Å². The minimum Gasteiger partial charge on any atom is -0.334 e. The van der Waals surface area contributed by atoms with Crippen molar-refractivity contribution in [2.45, 2.75) is 26.1 Å². The molecule has 0 atom stereocenters. The van der Waals surface area contributed by atoms with Gasteiger partial charge in [-0.05, 0) is 48.8 Å². The molecule has 0 bridgehead atoms. The lowest BCUT2D eigenvalue weighted by Gasteiger charge is -2.28. The highest BCUT2D eigenvalue weighted by atomic mass is 32.2. The lowest BCUT2D eigenvalue weighted by atomic mass is 9.99. The molecule has 7 nitrogen and oxygen atoms in total. The Balaban J connectivity index is 1.62. The zero-order valence-corrected chi connectivity index (χ0v) is 17.9. The van der Waals surface area contributed by atoms with Crippen molar-refractivity contribution in [1.82, 2.24) is 14.5 Å². The summed E-state index contributed by atoms with van der Waals surface area (Å²) in [6.45, 7) is 2.04. The van der Waals surface area contributed by atoms with Gasteiger partial charge in [-0.25, -0.2) is 13.2 Å². The van der Waals surface area contributed by atoms with Crippen LogP contribution in [0.3, 0.4) is 0 Å². The van der Waals surface area contributed by atoms with E-state index in [0.29, 0.717) is 26.1 Å². The Morgan fingerprint density at radius 2 is 1.86 bits per heavy atom. The number of benzene rings is 2. The Kier molecular flexibility index (Phi) is 6.56. The number of rotatable bonds is 6. The average Bonchev–Trinajstić information content (AvgIpc) is 2.65. The summed E-state index contributed by atoms with van der Waals surface area (Å²) in [4.78, 5) is 14.5. The fraction of sp³-hybridized carbons (Fsp3) is 0.381. The Bertz CT molecular complexity index is 989. The summed E-state index contributed by atoms with van der Waals surface area (Å²) in [5.74, 6) is 0. The van der Waals surface area contributed by atoms with Gasteiger partial charge < -0.3 is 15.5 Å². The molecule has 0 unspecified atom stereocenters. The van der Waals surface area contributed by atoms with Gasteiger partial charge in [-0.15, -0.1) is 0 Å². The molecule has 0 aromatic heterocycles. The number of carbonyl (C=O) groups excluding carboxylic acids is 1. The van der Waals surface area contributed by atoms with Gasteiger partial charge in [0.05, 0.1) is 6.26 Å². The fourth-order valence-electron chi connectivity index (χ4n) is 3.54. The number of nitrogens with one attached hydrogen (secondary N) is 2. The van der Waals surface area contributed by atoms with Crippen molar-refractivity contribution in [1.29, 1.82) is 0 Å². The molecule has 0 radical (unpaired) electrons. The summed E-state index contributed by atoms with van der Waals surface area (Å²) < 4.78 is 25.1. The number of anilines is 1. The number of hydrogen-bond donors (Lipinski definition) is 2. The van der Waals surface area contributed by atoms with Crippen LogP contribution in [0.4, 0.5) is 10.5 Å². The lowest BCUT2D eigenvalue weighted by Crippen LogP contribution is -2.36. The van der Waals surface area contributed by atoms with E-state index in [1.165, 1.54) is 16.1 Å². The van der Waals surface area contributed by atoms with Gasteiger partial charge in [-0.3, -0.25) is 0 Å². The van der Waals surface area contributed by atoms with Crippen molar-refractivity contribution in [2.75, 3.05) is 32.2 Å². The summed E-state index contributed by atoms with van der Waals surface area (Å²) in [7, 11) is 0.819. The predicted molar refractivity (Wildman–Crippen MR) is 115 cm³/mol. The second kappa shape index (κ2) is 8.94. The van der Waals surface area contributed by atoms with Crippen LogP contribution in [0.25, 0.3) is 0 Å². The Morgan fingerprint density at radius 1 is 1.14 bits per heavy atom.